The molecule has 164 valence electrons. The Bertz CT molecular complexity index is 1120. The number of amides is 1. The van der Waals surface area contributed by atoms with E-state index in [1.165, 1.54) is 5.56 Å². The summed E-state index contributed by atoms with van der Waals surface area (Å²) in [5.74, 6) is 0.0436. The van der Waals surface area contributed by atoms with Crippen LogP contribution in [0.5, 0.6) is 0 Å². The monoisotopic (exact) mass is 431 g/mol. The van der Waals surface area contributed by atoms with Gasteiger partial charge in [0, 0.05) is 32.6 Å². The Kier molecular flexibility index (Phi) is 5.53. The molecule has 1 unspecified atom stereocenters. The van der Waals surface area contributed by atoms with E-state index in [9.17, 15) is 9.59 Å². The third-order valence-corrected chi connectivity index (χ3v) is 5.93. The number of fused-ring (bicyclic) bond motifs is 1. The number of carbonyl (C=O) groups is 2. The van der Waals surface area contributed by atoms with E-state index in [0.717, 1.165) is 23.5 Å². The van der Waals surface area contributed by atoms with Gasteiger partial charge in [0.15, 0.2) is 0 Å². The third-order valence-electron chi connectivity index (χ3n) is 5.93. The number of ether oxygens (including phenoxy) is 1. The van der Waals surface area contributed by atoms with Gasteiger partial charge in [0.1, 0.15) is 12.3 Å². The van der Waals surface area contributed by atoms with Crippen LogP contribution in [0.1, 0.15) is 28.7 Å². The van der Waals surface area contributed by atoms with Crippen molar-refractivity contribution in [3.63, 3.8) is 0 Å². The number of aromatic nitrogens is 1. The number of hydrogen-bond donors (Lipinski definition) is 0. The standard InChI is InChI=1S/C24H25N5O3/c1-16-15-32-23(25-16)22(30)14-28-9-11-29(12-10-28)24(31)20-8-4-7-19(27-20)21-13-17-5-2-3-6-18(17)26-21/h2-8,16H,9-15H2,1H3. The number of Topliss-reactive ketones (excluding diaryl/α,β-unsaturated/α-hetero) is 1. The van der Waals surface area contributed by atoms with Crippen molar-refractivity contribution in [1.82, 2.24) is 14.8 Å². The van der Waals surface area contributed by atoms with Crippen LogP contribution >= 0.6 is 0 Å². The molecule has 8 nitrogen and oxygen atoms in total. The third kappa shape index (κ3) is 4.18. The first-order chi connectivity index (χ1) is 15.6. The Hall–Kier alpha value is -3.39. The van der Waals surface area contributed by atoms with Crippen molar-refractivity contribution in [3.8, 4) is 0 Å². The van der Waals surface area contributed by atoms with Crippen molar-refractivity contribution < 1.29 is 14.3 Å². The summed E-state index contributed by atoms with van der Waals surface area (Å²) >= 11 is 0. The lowest BCUT2D eigenvalue weighted by atomic mass is 10.1. The summed E-state index contributed by atoms with van der Waals surface area (Å²) in [6, 6.07) is 13.6. The molecular formula is C24H25N5O3. The molecule has 0 N–H and O–H groups in total. The van der Waals surface area contributed by atoms with Crippen molar-refractivity contribution in [1.29, 1.82) is 0 Å². The van der Waals surface area contributed by atoms with E-state index in [1.54, 1.807) is 11.0 Å². The number of aliphatic imine (C=N–C) groups is 2. The Morgan fingerprint density at radius 3 is 2.62 bits per heavy atom. The number of carbonyl (C=O) groups excluding carboxylic acids is 2. The number of nitrogens with zero attached hydrogens (tertiary/aromatic N) is 5. The van der Waals surface area contributed by atoms with Crippen LogP contribution in [0.3, 0.4) is 0 Å². The van der Waals surface area contributed by atoms with E-state index in [2.05, 4.69) is 21.0 Å². The zero-order valence-corrected chi connectivity index (χ0v) is 18.0. The van der Waals surface area contributed by atoms with Gasteiger partial charge in [-0.2, -0.15) is 0 Å². The van der Waals surface area contributed by atoms with E-state index in [-0.39, 0.29) is 30.2 Å². The van der Waals surface area contributed by atoms with Crippen LogP contribution < -0.4 is 0 Å². The second kappa shape index (κ2) is 8.63. The fourth-order valence-corrected chi connectivity index (χ4v) is 4.17. The smallest absolute Gasteiger partial charge is 0.272 e. The molecule has 1 atom stereocenters. The molecule has 5 rings (SSSR count). The molecule has 2 aromatic rings. The lowest BCUT2D eigenvalue weighted by Crippen LogP contribution is -2.50. The number of pyridine rings is 1. The summed E-state index contributed by atoms with van der Waals surface area (Å²) in [5, 5.41) is 0. The van der Waals surface area contributed by atoms with Crippen molar-refractivity contribution >= 4 is 29.0 Å². The number of para-hydroxylation sites is 1. The highest BCUT2D eigenvalue weighted by molar-refractivity contribution is 6.37. The quantitative estimate of drug-likeness (QED) is 0.722. The zero-order valence-electron chi connectivity index (χ0n) is 18.0. The Balaban J connectivity index is 1.20. The van der Waals surface area contributed by atoms with Gasteiger partial charge < -0.3 is 9.64 Å². The summed E-state index contributed by atoms with van der Waals surface area (Å²) in [5.41, 5.74) is 4.19. The summed E-state index contributed by atoms with van der Waals surface area (Å²) < 4.78 is 5.35. The highest BCUT2D eigenvalue weighted by Gasteiger charge is 2.28. The van der Waals surface area contributed by atoms with E-state index in [1.807, 2.05) is 42.2 Å². The number of ketones is 1. The Morgan fingerprint density at radius 1 is 1.06 bits per heavy atom. The van der Waals surface area contributed by atoms with Crippen LogP contribution in [0.4, 0.5) is 5.69 Å². The molecule has 0 aliphatic carbocycles. The van der Waals surface area contributed by atoms with Gasteiger partial charge >= 0.3 is 0 Å². The molecule has 1 aromatic carbocycles. The molecular weight excluding hydrogens is 406 g/mol. The van der Waals surface area contributed by atoms with Crippen molar-refractivity contribution in [2.75, 3.05) is 39.3 Å². The van der Waals surface area contributed by atoms with Gasteiger partial charge in [0.05, 0.1) is 29.7 Å². The van der Waals surface area contributed by atoms with Crippen LogP contribution in [0.2, 0.25) is 0 Å². The van der Waals surface area contributed by atoms with Gasteiger partial charge in [0.2, 0.25) is 5.78 Å². The largest absolute Gasteiger partial charge is 0.473 e. The van der Waals surface area contributed by atoms with E-state index >= 15 is 0 Å². The molecule has 0 radical (unpaired) electrons. The summed E-state index contributed by atoms with van der Waals surface area (Å²) in [6.07, 6.45) is 0.724. The molecule has 1 saturated heterocycles. The van der Waals surface area contributed by atoms with Crippen molar-refractivity contribution in [3.05, 3.63) is 59.4 Å². The minimum atomic E-state index is -0.0955. The molecule has 3 aliphatic rings. The summed E-state index contributed by atoms with van der Waals surface area (Å²) in [4.78, 5) is 42.8. The molecule has 0 saturated carbocycles. The predicted molar refractivity (Wildman–Crippen MR) is 121 cm³/mol. The normalized spacial score (nSPS) is 20.4. The highest BCUT2D eigenvalue weighted by atomic mass is 16.5. The molecule has 1 aromatic heterocycles. The first-order valence-electron chi connectivity index (χ1n) is 10.9. The number of benzene rings is 1. The molecule has 32 heavy (non-hydrogen) atoms. The number of rotatable bonds is 5. The maximum absolute atomic E-state index is 13.1. The first-order valence-corrected chi connectivity index (χ1v) is 10.9. The summed E-state index contributed by atoms with van der Waals surface area (Å²) in [7, 11) is 0. The van der Waals surface area contributed by atoms with Gasteiger partial charge in [-0.1, -0.05) is 24.3 Å². The molecule has 1 amide bonds. The van der Waals surface area contributed by atoms with Gasteiger partial charge in [-0.25, -0.2) is 9.98 Å². The van der Waals surface area contributed by atoms with E-state index < -0.39 is 0 Å². The van der Waals surface area contributed by atoms with Crippen LogP contribution in [0, 0.1) is 0 Å². The average molecular weight is 431 g/mol. The fraction of sp³-hybridized carbons (Fsp3) is 0.375. The highest BCUT2D eigenvalue weighted by Crippen LogP contribution is 2.27. The van der Waals surface area contributed by atoms with Crippen molar-refractivity contribution in [2.24, 2.45) is 9.98 Å². The minimum Gasteiger partial charge on any atom is -0.473 e. The van der Waals surface area contributed by atoms with Gasteiger partial charge in [-0.15, -0.1) is 0 Å². The van der Waals surface area contributed by atoms with Crippen molar-refractivity contribution in [2.45, 2.75) is 19.4 Å². The number of piperazine rings is 1. The SMILES string of the molecule is CC1COC(C(=O)CN2CCN(C(=O)c3cccc(C4=Nc5ccccc5C4)n3)CC2)=N1. The minimum absolute atomic E-state index is 0.0380. The fourth-order valence-electron chi connectivity index (χ4n) is 4.17. The molecule has 1 fully saturated rings. The lowest BCUT2D eigenvalue weighted by Gasteiger charge is -2.34. The van der Waals surface area contributed by atoms with Crippen LogP contribution in [-0.4, -0.2) is 83.5 Å². The summed E-state index contributed by atoms with van der Waals surface area (Å²) in [6.45, 7) is 5.01. The topological polar surface area (TPSA) is 87.5 Å². The van der Waals surface area contributed by atoms with Crippen LogP contribution in [-0.2, 0) is 16.0 Å². The molecule has 0 bridgehead atoms. The second-order valence-corrected chi connectivity index (χ2v) is 8.36. The second-order valence-electron chi connectivity index (χ2n) is 8.36. The maximum atomic E-state index is 13.1. The molecule has 3 aliphatic heterocycles. The maximum Gasteiger partial charge on any atom is 0.272 e. The molecule has 8 heteroatoms. The average Bonchev–Trinajstić information content (AvgIpc) is 3.45. The first kappa shape index (κ1) is 20.5. The van der Waals surface area contributed by atoms with Gasteiger partial charge in [-0.3, -0.25) is 19.5 Å². The van der Waals surface area contributed by atoms with Gasteiger partial charge in [-0.05, 0) is 30.7 Å². The van der Waals surface area contributed by atoms with E-state index in [0.29, 0.717) is 38.5 Å². The molecule has 4 heterocycles. The predicted octanol–water partition coefficient (Wildman–Crippen LogP) is 1.90. The zero-order chi connectivity index (χ0) is 22.1. The molecule has 0 spiro atoms. The van der Waals surface area contributed by atoms with E-state index in [4.69, 9.17) is 4.74 Å². The Labute approximate surface area is 186 Å². The lowest BCUT2D eigenvalue weighted by molar-refractivity contribution is -0.115. The van der Waals surface area contributed by atoms with Gasteiger partial charge in [0.25, 0.3) is 11.8 Å². The Morgan fingerprint density at radius 2 is 1.88 bits per heavy atom. The van der Waals surface area contributed by atoms with Crippen LogP contribution in [0.15, 0.2) is 52.4 Å². The van der Waals surface area contributed by atoms with Crippen LogP contribution in [0.25, 0.3) is 0 Å². The number of hydrogen-bond acceptors (Lipinski definition) is 7.